The summed E-state index contributed by atoms with van der Waals surface area (Å²) < 4.78 is 38.6. The highest BCUT2D eigenvalue weighted by Gasteiger charge is 2.40. The first-order valence-corrected chi connectivity index (χ1v) is 10.8. The number of piperidine rings is 1. The van der Waals surface area contributed by atoms with Crippen molar-refractivity contribution in [2.75, 3.05) is 32.8 Å². The third-order valence-electron chi connectivity index (χ3n) is 5.14. The van der Waals surface area contributed by atoms with E-state index in [4.69, 9.17) is 9.47 Å². The van der Waals surface area contributed by atoms with Crippen LogP contribution in [0.1, 0.15) is 39.2 Å². The van der Waals surface area contributed by atoms with E-state index in [9.17, 15) is 13.2 Å². The van der Waals surface area contributed by atoms with Crippen molar-refractivity contribution < 1.29 is 22.7 Å². The Morgan fingerprint density at radius 1 is 1.11 bits per heavy atom. The molecule has 2 saturated heterocycles. The second-order valence-electron chi connectivity index (χ2n) is 8.09. The second kappa shape index (κ2) is 7.50. The van der Waals surface area contributed by atoms with E-state index in [1.54, 1.807) is 17.0 Å². The summed E-state index contributed by atoms with van der Waals surface area (Å²) in [5.74, 6) is -0.789. The average Bonchev–Trinajstić information content (AvgIpc) is 3.08. The molecule has 0 unspecified atom stereocenters. The summed E-state index contributed by atoms with van der Waals surface area (Å²) >= 11 is 0. The molecule has 2 fully saturated rings. The smallest absolute Gasteiger partial charge is 0.241 e. The van der Waals surface area contributed by atoms with Crippen LogP contribution < -0.4 is 4.72 Å². The normalized spacial score (nSPS) is 20.2. The Balaban J connectivity index is 1.55. The largest absolute Gasteiger partial charge is 0.347 e. The third-order valence-corrected chi connectivity index (χ3v) is 6.55. The molecule has 2 heterocycles. The van der Waals surface area contributed by atoms with Crippen LogP contribution in [-0.4, -0.2) is 57.9 Å². The van der Waals surface area contributed by atoms with Crippen LogP contribution in [0.3, 0.4) is 0 Å². The number of ether oxygens (including phenoxy) is 2. The van der Waals surface area contributed by atoms with Crippen LogP contribution in [-0.2, 0) is 29.7 Å². The van der Waals surface area contributed by atoms with E-state index in [2.05, 4.69) is 25.5 Å². The summed E-state index contributed by atoms with van der Waals surface area (Å²) in [6, 6.07) is 6.77. The zero-order valence-corrected chi connectivity index (χ0v) is 17.0. The van der Waals surface area contributed by atoms with Gasteiger partial charge in [0.2, 0.25) is 15.9 Å². The van der Waals surface area contributed by atoms with Crippen molar-refractivity contribution in [3.05, 3.63) is 29.8 Å². The molecule has 0 bridgehead atoms. The van der Waals surface area contributed by atoms with Crippen LogP contribution in [0.25, 0.3) is 0 Å². The monoisotopic (exact) mass is 396 g/mol. The van der Waals surface area contributed by atoms with Crippen LogP contribution in [0.15, 0.2) is 29.2 Å². The molecule has 7 nitrogen and oxygen atoms in total. The van der Waals surface area contributed by atoms with Crippen molar-refractivity contribution in [1.82, 2.24) is 9.62 Å². The number of nitrogens with one attached hydrogen (secondary N) is 1. The standard InChI is InChI=1S/C19H28N2O5S/c1-18(2,3)15-4-6-16(7-5-15)27(23,24)20-14-17(22)21-10-8-19(9-11-21)25-12-13-26-19/h4-7,20H,8-14H2,1-3H3. The topological polar surface area (TPSA) is 84.9 Å². The molecular weight excluding hydrogens is 368 g/mol. The molecule has 0 aromatic heterocycles. The second-order valence-corrected chi connectivity index (χ2v) is 9.85. The molecule has 1 aromatic carbocycles. The molecule has 0 radical (unpaired) electrons. The van der Waals surface area contributed by atoms with Gasteiger partial charge in [-0.1, -0.05) is 32.9 Å². The maximum atomic E-state index is 12.5. The van der Waals surface area contributed by atoms with E-state index in [-0.39, 0.29) is 22.8 Å². The summed E-state index contributed by atoms with van der Waals surface area (Å²) in [6.45, 7) is 8.12. The van der Waals surface area contributed by atoms with E-state index < -0.39 is 15.8 Å². The molecule has 1 N–H and O–H groups in total. The van der Waals surface area contributed by atoms with Gasteiger partial charge in [-0.05, 0) is 23.1 Å². The van der Waals surface area contributed by atoms with Gasteiger partial charge in [-0.2, -0.15) is 0 Å². The lowest BCUT2D eigenvalue weighted by atomic mass is 9.87. The first kappa shape index (κ1) is 20.3. The highest BCUT2D eigenvalue weighted by atomic mass is 32.2. The molecule has 2 aliphatic heterocycles. The first-order chi connectivity index (χ1) is 12.6. The number of carbonyl (C=O) groups is 1. The number of sulfonamides is 1. The van der Waals surface area contributed by atoms with E-state index >= 15 is 0 Å². The number of hydrogen-bond donors (Lipinski definition) is 1. The molecule has 1 amide bonds. The lowest BCUT2D eigenvalue weighted by Gasteiger charge is -2.37. The van der Waals surface area contributed by atoms with Crippen molar-refractivity contribution in [3.63, 3.8) is 0 Å². The zero-order valence-electron chi connectivity index (χ0n) is 16.2. The van der Waals surface area contributed by atoms with Gasteiger partial charge < -0.3 is 14.4 Å². The number of amides is 1. The minimum atomic E-state index is -3.73. The average molecular weight is 397 g/mol. The fourth-order valence-electron chi connectivity index (χ4n) is 3.37. The van der Waals surface area contributed by atoms with Gasteiger partial charge in [-0.15, -0.1) is 0 Å². The van der Waals surface area contributed by atoms with Gasteiger partial charge in [-0.3, -0.25) is 4.79 Å². The lowest BCUT2D eigenvalue weighted by molar-refractivity contribution is -0.187. The van der Waals surface area contributed by atoms with E-state index in [1.165, 1.54) is 0 Å². The van der Waals surface area contributed by atoms with Gasteiger partial charge >= 0.3 is 0 Å². The number of nitrogens with zero attached hydrogens (tertiary/aromatic N) is 1. The van der Waals surface area contributed by atoms with Crippen molar-refractivity contribution in [2.24, 2.45) is 0 Å². The summed E-state index contributed by atoms with van der Waals surface area (Å²) in [7, 11) is -3.73. The Kier molecular flexibility index (Phi) is 5.63. The van der Waals surface area contributed by atoms with Crippen molar-refractivity contribution >= 4 is 15.9 Å². The molecule has 1 spiro atoms. The Hall–Kier alpha value is -1.48. The summed E-state index contributed by atoms with van der Waals surface area (Å²) in [4.78, 5) is 14.2. The Bertz CT molecular complexity index is 767. The number of likely N-dealkylation sites (tertiary alicyclic amines) is 1. The van der Waals surface area contributed by atoms with Gasteiger partial charge in [0.25, 0.3) is 0 Å². The van der Waals surface area contributed by atoms with Crippen molar-refractivity contribution in [2.45, 2.75) is 49.7 Å². The van der Waals surface area contributed by atoms with Crippen LogP contribution in [0, 0.1) is 0 Å². The quantitative estimate of drug-likeness (QED) is 0.836. The number of benzene rings is 1. The molecular formula is C19H28N2O5S. The Morgan fingerprint density at radius 3 is 2.19 bits per heavy atom. The maximum absolute atomic E-state index is 12.5. The molecule has 150 valence electrons. The molecule has 0 saturated carbocycles. The van der Waals surface area contributed by atoms with E-state index in [1.807, 2.05) is 12.1 Å². The number of carbonyl (C=O) groups excluding carboxylic acids is 1. The lowest BCUT2D eigenvalue weighted by Crippen LogP contribution is -2.49. The van der Waals surface area contributed by atoms with Crippen molar-refractivity contribution in [3.8, 4) is 0 Å². The van der Waals surface area contributed by atoms with Gasteiger partial charge in [-0.25, -0.2) is 13.1 Å². The molecule has 27 heavy (non-hydrogen) atoms. The summed E-state index contributed by atoms with van der Waals surface area (Å²) in [6.07, 6.45) is 1.22. The molecule has 0 atom stereocenters. The summed E-state index contributed by atoms with van der Waals surface area (Å²) in [5.41, 5.74) is 1.00. The molecule has 1 aromatic rings. The zero-order chi connectivity index (χ0) is 19.7. The van der Waals surface area contributed by atoms with E-state index in [0.717, 1.165) is 5.56 Å². The Labute approximate surface area is 161 Å². The van der Waals surface area contributed by atoms with Crippen LogP contribution in [0.5, 0.6) is 0 Å². The molecule has 0 aliphatic carbocycles. The number of hydrogen-bond acceptors (Lipinski definition) is 5. The number of rotatable bonds is 4. The van der Waals surface area contributed by atoms with Crippen molar-refractivity contribution in [1.29, 1.82) is 0 Å². The predicted molar refractivity (Wildman–Crippen MR) is 101 cm³/mol. The van der Waals surface area contributed by atoms with Crippen LogP contribution in [0.2, 0.25) is 0 Å². The molecule has 3 rings (SSSR count). The van der Waals surface area contributed by atoms with Gasteiger partial charge in [0.05, 0.1) is 24.7 Å². The molecule has 8 heteroatoms. The van der Waals surface area contributed by atoms with E-state index in [0.29, 0.717) is 39.1 Å². The predicted octanol–water partition coefficient (Wildman–Crippen LogP) is 1.63. The van der Waals surface area contributed by atoms with Crippen LogP contribution in [0.4, 0.5) is 0 Å². The fourth-order valence-corrected chi connectivity index (χ4v) is 4.34. The summed E-state index contributed by atoms with van der Waals surface area (Å²) in [5, 5.41) is 0. The minimum Gasteiger partial charge on any atom is -0.347 e. The minimum absolute atomic E-state index is 0.0515. The first-order valence-electron chi connectivity index (χ1n) is 9.27. The van der Waals surface area contributed by atoms with Gasteiger partial charge in [0, 0.05) is 25.9 Å². The highest BCUT2D eigenvalue weighted by Crippen LogP contribution is 2.31. The maximum Gasteiger partial charge on any atom is 0.241 e. The fraction of sp³-hybridized carbons (Fsp3) is 0.632. The third kappa shape index (κ3) is 4.68. The van der Waals surface area contributed by atoms with Gasteiger partial charge in [0.15, 0.2) is 5.79 Å². The van der Waals surface area contributed by atoms with Crippen LogP contribution >= 0.6 is 0 Å². The highest BCUT2D eigenvalue weighted by molar-refractivity contribution is 7.89. The van der Waals surface area contributed by atoms with Gasteiger partial charge in [0.1, 0.15) is 0 Å². The molecule has 2 aliphatic rings. The Morgan fingerprint density at radius 2 is 1.67 bits per heavy atom. The SMILES string of the molecule is CC(C)(C)c1ccc(S(=O)(=O)NCC(=O)N2CCC3(CC2)OCCO3)cc1.